The Bertz CT molecular complexity index is 542. The average Bonchev–Trinajstić information content (AvgIpc) is 2.38. The highest BCUT2D eigenvalue weighted by Crippen LogP contribution is 2.21. The van der Waals surface area contributed by atoms with Crippen molar-refractivity contribution in [1.29, 1.82) is 0 Å². The molecule has 0 amide bonds. The monoisotopic (exact) mass is 262 g/mol. The summed E-state index contributed by atoms with van der Waals surface area (Å²) in [5.41, 5.74) is 8.37. The van der Waals surface area contributed by atoms with Gasteiger partial charge in [0, 0.05) is 6.20 Å². The average molecular weight is 263 g/mol. The molecule has 2 rings (SSSR count). The van der Waals surface area contributed by atoms with Crippen molar-refractivity contribution in [2.75, 3.05) is 11.1 Å². The molecule has 0 spiro atoms. The summed E-state index contributed by atoms with van der Waals surface area (Å²) in [5, 5.41) is 3.69. The van der Waals surface area contributed by atoms with Crippen molar-refractivity contribution in [3.63, 3.8) is 0 Å². The van der Waals surface area contributed by atoms with E-state index >= 15 is 0 Å². The third kappa shape index (κ3) is 2.90. The fraction of sp³-hybridized carbons (Fsp3) is 0.231. The van der Waals surface area contributed by atoms with Gasteiger partial charge in [-0.2, -0.15) is 0 Å². The number of aryl methyl sites for hydroxylation is 1. The van der Waals surface area contributed by atoms with Gasteiger partial charge >= 0.3 is 0 Å². The van der Waals surface area contributed by atoms with Crippen LogP contribution >= 0.6 is 11.6 Å². The van der Waals surface area contributed by atoms with Gasteiger partial charge in [0.2, 0.25) is 0 Å². The standard InChI is InChI=1S/C13H15ClN4/c1-2-9-4-3-5-16-12(9)8-18-13-11(14)6-10(15)7-17-13/h3-7H,2,8,15H2,1H3,(H,17,18). The van der Waals surface area contributed by atoms with Crippen LogP contribution in [-0.2, 0) is 13.0 Å². The zero-order valence-corrected chi connectivity index (χ0v) is 10.9. The first-order chi connectivity index (χ1) is 8.70. The highest BCUT2D eigenvalue weighted by atomic mass is 35.5. The minimum atomic E-state index is 0.518. The summed E-state index contributed by atoms with van der Waals surface area (Å²) in [4.78, 5) is 8.51. The number of nitrogen functional groups attached to an aromatic ring is 1. The van der Waals surface area contributed by atoms with Crippen LogP contribution in [0, 0.1) is 0 Å². The smallest absolute Gasteiger partial charge is 0.145 e. The summed E-state index contributed by atoms with van der Waals surface area (Å²) in [6, 6.07) is 5.69. The number of hydrogen-bond donors (Lipinski definition) is 2. The fourth-order valence-electron chi connectivity index (χ4n) is 1.70. The van der Waals surface area contributed by atoms with E-state index in [1.54, 1.807) is 18.5 Å². The van der Waals surface area contributed by atoms with Gasteiger partial charge in [0.15, 0.2) is 0 Å². The van der Waals surface area contributed by atoms with Crippen molar-refractivity contribution in [3.8, 4) is 0 Å². The second kappa shape index (κ2) is 5.69. The lowest BCUT2D eigenvalue weighted by Crippen LogP contribution is -2.06. The van der Waals surface area contributed by atoms with Crippen molar-refractivity contribution in [3.05, 3.63) is 46.9 Å². The number of nitrogens with one attached hydrogen (secondary N) is 1. The van der Waals surface area contributed by atoms with Crippen LogP contribution < -0.4 is 11.1 Å². The van der Waals surface area contributed by atoms with Gasteiger partial charge in [-0.05, 0) is 24.1 Å². The predicted molar refractivity (Wildman–Crippen MR) is 74.6 cm³/mol. The number of nitrogens with two attached hydrogens (primary N) is 1. The van der Waals surface area contributed by atoms with E-state index in [1.807, 2.05) is 6.07 Å². The Morgan fingerprint density at radius 1 is 1.39 bits per heavy atom. The molecule has 18 heavy (non-hydrogen) atoms. The number of aromatic nitrogens is 2. The van der Waals surface area contributed by atoms with Gasteiger partial charge < -0.3 is 11.1 Å². The molecule has 0 bridgehead atoms. The van der Waals surface area contributed by atoms with Crippen LogP contribution in [0.3, 0.4) is 0 Å². The molecule has 2 aromatic heterocycles. The Balaban J connectivity index is 2.11. The lowest BCUT2D eigenvalue weighted by atomic mass is 10.1. The van der Waals surface area contributed by atoms with Gasteiger partial charge in [-0.3, -0.25) is 4.98 Å². The molecule has 5 heteroatoms. The number of halogens is 1. The molecule has 0 saturated heterocycles. The molecule has 0 fully saturated rings. The molecule has 0 radical (unpaired) electrons. The van der Waals surface area contributed by atoms with Gasteiger partial charge in [-0.25, -0.2) is 4.98 Å². The van der Waals surface area contributed by atoms with E-state index in [9.17, 15) is 0 Å². The minimum absolute atomic E-state index is 0.518. The van der Waals surface area contributed by atoms with Crippen LogP contribution in [0.5, 0.6) is 0 Å². The first-order valence-electron chi connectivity index (χ1n) is 5.78. The van der Waals surface area contributed by atoms with E-state index in [4.69, 9.17) is 17.3 Å². The molecule has 2 aromatic rings. The van der Waals surface area contributed by atoms with Crippen molar-refractivity contribution < 1.29 is 0 Å². The van der Waals surface area contributed by atoms with Gasteiger partial charge in [0.25, 0.3) is 0 Å². The number of hydrogen-bond acceptors (Lipinski definition) is 4. The van der Waals surface area contributed by atoms with Crippen LogP contribution in [0.1, 0.15) is 18.2 Å². The summed E-state index contributed by atoms with van der Waals surface area (Å²) in [5.74, 6) is 0.624. The fourth-order valence-corrected chi connectivity index (χ4v) is 1.94. The molecule has 3 N–H and O–H groups in total. The molecule has 0 saturated carbocycles. The van der Waals surface area contributed by atoms with E-state index in [1.165, 1.54) is 5.56 Å². The zero-order chi connectivity index (χ0) is 13.0. The second-order valence-corrected chi connectivity index (χ2v) is 4.32. The maximum atomic E-state index is 6.04. The molecule has 0 aromatic carbocycles. The van der Waals surface area contributed by atoms with E-state index in [0.29, 0.717) is 23.1 Å². The number of anilines is 2. The molecule has 4 nitrogen and oxygen atoms in total. The summed E-state index contributed by atoms with van der Waals surface area (Å²) in [6.07, 6.45) is 4.31. The Labute approximate surface area is 111 Å². The lowest BCUT2D eigenvalue weighted by molar-refractivity contribution is 0.965. The van der Waals surface area contributed by atoms with E-state index in [0.717, 1.165) is 12.1 Å². The molecule has 0 unspecified atom stereocenters. The Hall–Kier alpha value is -1.81. The maximum Gasteiger partial charge on any atom is 0.145 e. The third-order valence-electron chi connectivity index (χ3n) is 2.65. The zero-order valence-electron chi connectivity index (χ0n) is 10.2. The molecule has 94 valence electrons. The van der Waals surface area contributed by atoms with E-state index in [-0.39, 0.29) is 0 Å². The summed E-state index contributed by atoms with van der Waals surface area (Å²) in [7, 11) is 0. The van der Waals surface area contributed by atoms with Gasteiger partial charge in [-0.15, -0.1) is 0 Å². The first kappa shape index (κ1) is 12.6. The number of pyridine rings is 2. The van der Waals surface area contributed by atoms with Crippen LogP contribution in [0.15, 0.2) is 30.6 Å². The molecule has 0 aliphatic carbocycles. The molecule has 0 aliphatic heterocycles. The largest absolute Gasteiger partial charge is 0.397 e. The Kier molecular flexibility index (Phi) is 3.99. The summed E-state index contributed by atoms with van der Waals surface area (Å²) >= 11 is 6.04. The predicted octanol–water partition coefficient (Wildman–Crippen LogP) is 2.89. The third-order valence-corrected chi connectivity index (χ3v) is 2.94. The Morgan fingerprint density at radius 2 is 2.22 bits per heavy atom. The van der Waals surface area contributed by atoms with Crippen LogP contribution in [-0.4, -0.2) is 9.97 Å². The highest BCUT2D eigenvalue weighted by molar-refractivity contribution is 6.33. The molecular formula is C13H15ClN4. The normalized spacial score (nSPS) is 10.3. The number of nitrogens with zero attached hydrogens (tertiary/aromatic N) is 2. The molecule has 0 atom stereocenters. The van der Waals surface area contributed by atoms with E-state index in [2.05, 4.69) is 28.3 Å². The molecule has 0 aliphatic rings. The van der Waals surface area contributed by atoms with Crippen molar-refractivity contribution >= 4 is 23.1 Å². The quantitative estimate of drug-likeness (QED) is 0.889. The minimum Gasteiger partial charge on any atom is -0.397 e. The highest BCUT2D eigenvalue weighted by Gasteiger charge is 2.05. The van der Waals surface area contributed by atoms with Crippen molar-refractivity contribution in [1.82, 2.24) is 9.97 Å². The lowest BCUT2D eigenvalue weighted by Gasteiger charge is -2.10. The van der Waals surface area contributed by atoms with Crippen molar-refractivity contribution in [2.45, 2.75) is 19.9 Å². The molecule has 2 heterocycles. The van der Waals surface area contributed by atoms with Gasteiger partial charge in [-0.1, -0.05) is 24.6 Å². The van der Waals surface area contributed by atoms with Crippen LogP contribution in [0.2, 0.25) is 5.02 Å². The number of rotatable bonds is 4. The maximum absolute atomic E-state index is 6.04. The van der Waals surface area contributed by atoms with Crippen LogP contribution in [0.4, 0.5) is 11.5 Å². The Morgan fingerprint density at radius 3 is 2.94 bits per heavy atom. The topological polar surface area (TPSA) is 63.8 Å². The molecular weight excluding hydrogens is 248 g/mol. The van der Waals surface area contributed by atoms with E-state index < -0.39 is 0 Å². The first-order valence-corrected chi connectivity index (χ1v) is 6.16. The van der Waals surface area contributed by atoms with Crippen LogP contribution in [0.25, 0.3) is 0 Å². The second-order valence-electron chi connectivity index (χ2n) is 3.92. The van der Waals surface area contributed by atoms with Gasteiger partial charge in [0.05, 0.1) is 29.1 Å². The summed E-state index contributed by atoms with van der Waals surface area (Å²) in [6.45, 7) is 2.70. The summed E-state index contributed by atoms with van der Waals surface area (Å²) < 4.78 is 0. The van der Waals surface area contributed by atoms with Crippen molar-refractivity contribution in [2.24, 2.45) is 0 Å². The SMILES string of the molecule is CCc1cccnc1CNc1ncc(N)cc1Cl. The van der Waals surface area contributed by atoms with Gasteiger partial charge in [0.1, 0.15) is 5.82 Å².